The van der Waals surface area contributed by atoms with E-state index in [0.717, 1.165) is 12.1 Å². The van der Waals surface area contributed by atoms with Crippen molar-refractivity contribution in [3.63, 3.8) is 0 Å². The summed E-state index contributed by atoms with van der Waals surface area (Å²) in [5.41, 5.74) is 0.938. The van der Waals surface area contributed by atoms with Crippen LogP contribution < -0.4 is 5.32 Å². The lowest BCUT2D eigenvalue weighted by molar-refractivity contribution is 0.699. The minimum Gasteiger partial charge on any atom is -0.364 e. The van der Waals surface area contributed by atoms with Crippen molar-refractivity contribution in [2.24, 2.45) is 5.92 Å². The van der Waals surface area contributed by atoms with Crippen LogP contribution in [0.4, 0.5) is 5.82 Å². The van der Waals surface area contributed by atoms with Gasteiger partial charge < -0.3 is 9.88 Å². The lowest BCUT2D eigenvalue weighted by Crippen LogP contribution is -2.01. The summed E-state index contributed by atoms with van der Waals surface area (Å²) in [5, 5.41) is 3.58. The SMILES string of the molecule is CCC(C)/C=C/n1cnc(CNc2cc(Cl)ncn2)c1. The number of nitrogens with zero attached hydrogens (tertiary/aromatic N) is 4. The zero-order chi connectivity index (χ0) is 14.4. The van der Waals surface area contributed by atoms with Gasteiger partial charge in [0.2, 0.25) is 0 Å². The second-order valence-corrected chi connectivity index (χ2v) is 5.01. The molecule has 0 aliphatic heterocycles. The van der Waals surface area contributed by atoms with E-state index in [1.54, 1.807) is 12.4 Å². The van der Waals surface area contributed by atoms with Crippen molar-refractivity contribution < 1.29 is 0 Å². The number of hydrogen-bond acceptors (Lipinski definition) is 4. The maximum absolute atomic E-state index is 5.80. The first-order valence-corrected chi connectivity index (χ1v) is 6.97. The van der Waals surface area contributed by atoms with Crippen molar-refractivity contribution in [3.8, 4) is 0 Å². The molecule has 0 saturated carbocycles. The summed E-state index contributed by atoms with van der Waals surface area (Å²) in [5.74, 6) is 1.26. The highest BCUT2D eigenvalue weighted by atomic mass is 35.5. The summed E-state index contributed by atoms with van der Waals surface area (Å²) in [7, 11) is 0. The lowest BCUT2D eigenvalue weighted by Gasteiger charge is -2.02. The van der Waals surface area contributed by atoms with Crippen molar-refractivity contribution in [3.05, 3.63) is 41.8 Å². The molecular formula is C14H18ClN5. The highest BCUT2D eigenvalue weighted by molar-refractivity contribution is 6.29. The van der Waals surface area contributed by atoms with Gasteiger partial charge in [0.1, 0.15) is 17.3 Å². The van der Waals surface area contributed by atoms with Crippen LogP contribution in [0.25, 0.3) is 6.20 Å². The van der Waals surface area contributed by atoms with Gasteiger partial charge in [-0.25, -0.2) is 15.0 Å². The predicted molar refractivity (Wildman–Crippen MR) is 81.4 cm³/mol. The third-order valence-corrected chi connectivity index (χ3v) is 3.18. The van der Waals surface area contributed by atoms with Crippen LogP contribution in [0.2, 0.25) is 5.15 Å². The molecule has 2 aromatic heterocycles. The normalized spacial score (nSPS) is 12.8. The molecule has 1 atom stereocenters. The molecule has 0 fully saturated rings. The minimum atomic E-state index is 0.421. The Bertz CT molecular complexity index is 578. The van der Waals surface area contributed by atoms with Crippen LogP contribution in [-0.2, 0) is 6.54 Å². The minimum absolute atomic E-state index is 0.421. The zero-order valence-electron chi connectivity index (χ0n) is 11.6. The number of aromatic nitrogens is 4. The molecular weight excluding hydrogens is 274 g/mol. The van der Waals surface area contributed by atoms with E-state index in [1.807, 2.05) is 17.0 Å². The molecule has 0 saturated heterocycles. The van der Waals surface area contributed by atoms with E-state index in [-0.39, 0.29) is 0 Å². The van der Waals surface area contributed by atoms with Gasteiger partial charge in [0.25, 0.3) is 0 Å². The van der Waals surface area contributed by atoms with Gasteiger partial charge in [-0.05, 0) is 5.92 Å². The fraction of sp³-hybridized carbons (Fsp3) is 0.357. The fourth-order valence-corrected chi connectivity index (χ4v) is 1.69. The quantitative estimate of drug-likeness (QED) is 0.828. The van der Waals surface area contributed by atoms with Crippen molar-refractivity contribution in [1.82, 2.24) is 19.5 Å². The number of nitrogens with one attached hydrogen (secondary N) is 1. The maximum atomic E-state index is 5.80. The fourth-order valence-electron chi connectivity index (χ4n) is 1.55. The molecule has 20 heavy (non-hydrogen) atoms. The van der Waals surface area contributed by atoms with Crippen LogP contribution in [-0.4, -0.2) is 19.5 Å². The highest BCUT2D eigenvalue weighted by Crippen LogP contribution is 2.10. The molecule has 0 radical (unpaired) electrons. The third kappa shape index (κ3) is 4.35. The molecule has 1 N–H and O–H groups in total. The smallest absolute Gasteiger partial charge is 0.134 e. The first-order valence-electron chi connectivity index (χ1n) is 6.59. The largest absolute Gasteiger partial charge is 0.364 e. The van der Waals surface area contributed by atoms with Gasteiger partial charge in [-0.15, -0.1) is 0 Å². The number of anilines is 1. The van der Waals surface area contributed by atoms with Gasteiger partial charge in [-0.1, -0.05) is 37.9 Å². The van der Waals surface area contributed by atoms with Gasteiger partial charge >= 0.3 is 0 Å². The molecule has 106 valence electrons. The molecule has 2 rings (SSSR count). The van der Waals surface area contributed by atoms with Crippen molar-refractivity contribution >= 4 is 23.6 Å². The molecule has 0 aromatic carbocycles. The molecule has 0 aliphatic rings. The van der Waals surface area contributed by atoms with Gasteiger partial charge in [-0.2, -0.15) is 0 Å². The molecule has 0 spiro atoms. The Labute approximate surface area is 123 Å². The number of hydrogen-bond donors (Lipinski definition) is 1. The van der Waals surface area contributed by atoms with Gasteiger partial charge in [0.15, 0.2) is 0 Å². The van der Waals surface area contributed by atoms with E-state index in [0.29, 0.717) is 23.4 Å². The Morgan fingerprint density at radius 1 is 1.40 bits per heavy atom. The lowest BCUT2D eigenvalue weighted by atomic mass is 10.1. The van der Waals surface area contributed by atoms with E-state index in [2.05, 4.69) is 40.2 Å². The first-order chi connectivity index (χ1) is 9.67. The van der Waals surface area contributed by atoms with E-state index >= 15 is 0 Å². The first kappa shape index (κ1) is 14.5. The summed E-state index contributed by atoms with van der Waals surface area (Å²) in [4.78, 5) is 12.2. The second kappa shape index (κ2) is 7.05. The molecule has 0 amide bonds. The Balaban J connectivity index is 1.91. The molecule has 2 heterocycles. The molecule has 0 aliphatic carbocycles. The predicted octanol–water partition coefficient (Wildman–Crippen LogP) is 3.46. The van der Waals surface area contributed by atoms with Gasteiger partial charge in [0, 0.05) is 18.5 Å². The Kier molecular flexibility index (Phi) is 5.12. The average Bonchev–Trinajstić information content (AvgIpc) is 2.90. The van der Waals surface area contributed by atoms with Crippen LogP contribution in [0.15, 0.2) is 31.0 Å². The molecule has 6 heteroatoms. The second-order valence-electron chi connectivity index (χ2n) is 4.62. The number of halogens is 1. The molecule has 5 nitrogen and oxygen atoms in total. The van der Waals surface area contributed by atoms with Crippen LogP contribution in [0.5, 0.6) is 0 Å². The van der Waals surface area contributed by atoms with E-state index in [4.69, 9.17) is 11.6 Å². The molecule has 0 bridgehead atoms. The monoisotopic (exact) mass is 291 g/mol. The van der Waals surface area contributed by atoms with Gasteiger partial charge in [-0.3, -0.25) is 0 Å². The Hall–Kier alpha value is -1.88. The standard InChI is InChI=1S/C14H18ClN5/c1-3-11(2)4-5-20-8-12(19-10-20)7-16-14-6-13(15)17-9-18-14/h4-6,8-11H,3,7H2,1-2H3,(H,16,17,18)/b5-4+. The van der Waals surface area contributed by atoms with E-state index < -0.39 is 0 Å². The summed E-state index contributed by atoms with van der Waals surface area (Å²) >= 11 is 5.80. The van der Waals surface area contributed by atoms with E-state index in [1.165, 1.54) is 6.33 Å². The topological polar surface area (TPSA) is 55.6 Å². The number of imidazole rings is 1. The Morgan fingerprint density at radius 3 is 3.00 bits per heavy atom. The van der Waals surface area contributed by atoms with Crippen LogP contribution in [0, 0.1) is 5.92 Å². The van der Waals surface area contributed by atoms with Crippen molar-refractivity contribution in [1.29, 1.82) is 0 Å². The molecule has 1 unspecified atom stereocenters. The van der Waals surface area contributed by atoms with Crippen molar-refractivity contribution in [2.45, 2.75) is 26.8 Å². The maximum Gasteiger partial charge on any atom is 0.134 e. The zero-order valence-corrected chi connectivity index (χ0v) is 12.4. The summed E-state index contributed by atoms with van der Waals surface area (Å²) in [6.07, 6.45) is 10.5. The van der Waals surface area contributed by atoms with Crippen LogP contribution in [0.3, 0.4) is 0 Å². The summed E-state index contributed by atoms with van der Waals surface area (Å²) in [6.45, 7) is 4.96. The van der Waals surface area contributed by atoms with E-state index in [9.17, 15) is 0 Å². The van der Waals surface area contributed by atoms with Gasteiger partial charge in [0.05, 0.1) is 18.6 Å². The number of allylic oxidation sites excluding steroid dienone is 1. The third-order valence-electron chi connectivity index (χ3n) is 2.97. The summed E-state index contributed by atoms with van der Waals surface area (Å²) < 4.78 is 1.95. The highest BCUT2D eigenvalue weighted by Gasteiger charge is 2.00. The molecule has 2 aromatic rings. The van der Waals surface area contributed by atoms with Crippen LogP contribution in [0.1, 0.15) is 26.0 Å². The average molecular weight is 292 g/mol. The summed E-state index contributed by atoms with van der Waals surface area (Å²) in [6, 6.07) is 1.68. The van der Waals surface area contributed by atoms with Crippen LogP contribution >= 0.6 is 11.6 Å². The van der Waals surface area contributed by atoms with Crippen molar-refractivity contribution in [2.75, 3.05) is 5.32 Å². The number of rotatable bonds is 6. The Morgan fingerprint density at radius 2 is 2.25 bits per heavy atom.